The summed E-state index contributed by atoms with van der Waals surface area (Å²) in [5, 5.41) is 14.6. The third-order valence-electron chi connectivity index (χ3n) is 3.33. The minimum absolute atomic E-state index is 0.107. The van der Waals surface area contributed by atoms with Crippen molar-refractivity contribution in [2.75, 3.05) is 10.6 Å². The molecule has 21 heavy (non-hydrogen) atoms. The van der Waals surface area contributed by atoms with Crippen molar-refractivity contribution >= 4 is 22.9 Å². The number of nitrogens with one attached hydrogen (secondary N) is 2. The number of benzene rings is 2. The molecule has 1 amide bonds. The summed E-state index contributed by atoms with van der Waals surface area (Å²) in [7, 11) is 0. The average Bonchev–Trinajstić information content (AvgIpc) is 2.82. The largest absolute Gasteiger partial charge is 0.361 e. The summed E-state index contributed by atoms with van der Waals surface area (Å²) in [5.74, 6) is -0.107. The van der Waals surface area contributed by atoms with Crippen molar-refractivity contribution in [1.82, 2.24) is 0 Å². The zero-order valence-electron chi connectivity index (χ0n) is 11.3. The molecule has 1 aliphatic rings. The maximum Gasteiger partial charge on any atom is 0.257 e. The van der Waals surface area contributed by atoms with E-state index in [1.165, 1.54) is 0 Å². The molecule has 0 saturated carbocycles. The lowest BCUT2D eigenvalue weighted by Gasteiger charge is -2.03. The van der Waals surface area contributed by atoms with Crippen LogP contribution in [0.15, 0.2) is 54.7 Å². The van der Waals surface area contributed by atoms with E-state index in [2.05, 4.69) is 16.7 Å². The van der Waals surface area contributed by atoms with Gasteiger partial charge in [-0.25, -0.2) is 0 Å². The smallest absolute Gasteiger partial charge is 0.257 e. The Hall–Kier alpha value is -3.06. The second-order valence-electron chi connectivity index (χ2n) is 4.73. The summed E-state index contributed by atoms with van der Waals surface area (Å²) in [6, 6.07) is 17.3. The van der Waals surface area contributed by atoms with Crippen LogP contribution in [-0.4, -0.2) is 5.91 Å². The van der Waals surface area contributed by atoms with Gasteiger partial charge < -0.3 is 10.6 Å². The number of rotatable bonds is 3. The number of nitriles is 1. The van der Waals surface area contributed by atoms with Crippen molar-refractivity contribution < 1.29 is 4.79 Å². The molecule has 0 bridgehead atoms. The molecule has 4 heteroatoms. The van der Waals surface area contributed by atoms with Crippen LogP contribution in [0.1, 0.15) is 11.1 Å². The van der Waals surface area contributed by atoms with E-state index in [4.69, 9.17) is 5.26 Å². The van der Waals surface area contributed by atoms with Gasteiger partial charge in [0.15, 0.2) is 0 Å². The average molecular weight is 275 g/mol. The highest BCUT2D eigenvalue weighted by molar-refractivity contribution is 6.31. The van der Waals surface area contributed by atoms with Gasteiger partial charge in [0.25, 0.3) is 5.91 Å². The van der Waals surface area contributed by atoms with Crippen LogP contribution in [0.3, 0.4) is 0 Å². The number of amides is 1. The van der Waals surface area contributed by atoms with Crippen molar-refractivity contribution in [3.05, 3.63) is 65.9 Å². The lowest BCUT2D eigenvalue weighted by atomic mass is 10.1. The predicted molar refractivity (Wildman–Crippen MR) is 82.4 cm³/mol. The minimum atomic E-state index is -0.107. The van der Waals surface area contributed by atoms with E-state index in [9.17, 15) is 4.79 Å². The molecule has 0 aromatic heterocycles. The van der Waals surface area contributed by atoms with Gasteiger partial charge in [0, 0.05) is 23.1 Å². The third-order valence-corrected chi connectivity index (χ3v) is 3.33. The Balaban J connectivity index is 1.80. The highest BCUT2D eigenvalue weighted by atomic mass is 16.2. The monoisotopic (exact) mass is 275 g/mol. The highest BCUT2D eigenvalue weighted by Crippen LogP contribution is 2.31. The SMILES string of the molecule is N#CCc1ccc(N/C=C2\C(=O)Nc3ccccc32)cc1. The first-order valence-corrected chi connectivity index (χ1v) is 6.61. The van der Waals surface area contributed by atoms with E-state index in [1.54, 1.807) is 6.20 Å². The first-order valence-electron chi connectivity index (χ1n) is 6.61. The molecule has 2 N–H and O–H groups in total. The molecule has 0 aliphatic carbocycles. The van der Waals surface area contributed by atoms with Gasteiger partial charge >= 0.3 is 0 Å². The zero-order chi connectivity index (χ0) is 14.7. The summed E-state index contributed by atoms with van der Waals surface area (Å²) >= 11 is 0. The Labute approximate surface area is 122 Å². The van der Waals surface area contributed by atoms with Gasteiger partial charge in [-0.3, -0.25) is 4.79 Å². The summed E-state index contributed by atoms with van der Waals surface area (Å²) in [6.45, 7) is 0. The Morgan fingerprint density at radius 1 is 1.14 bits per heavy atom. The molecule has 0 saturated heterocycles. The molecule has 0 radical (unpaired) electrons. The molecule has 4 nitrogen and oxygen atoms in total. The number of para-hydroxylation sites is 1. The van der Waals surface area contributed by atoms with Crippen LogP contribution in [0.4, 0.5) is 11.4 Å². The van der Waals surface area contributed by atoms with Crippen LogP contribution >= 0.6 is 0 Å². The number of carbonyl (C=O) groups is 1. The topological polar surface area (TPSA) is 64.9 Å². The predicted octanol–water partition coefficient (Wildman–Crippen LogP) is 3.16. The Morgan fingerprint density at radius 3 is 2.67 bits per heavy atom. The number of nitrogens with zero attached hydrogens (tertiary/aromatic N) is 1. The van der Waals surface area contributed by atoms with E-state index in [0.29, 0.717) is 12.0 Å². The molecule has 1 heterocycles. The summed E-state index contributed by atoms with van der Waals surface area (Å²) in [4.78, 5) is 11.9. The maximum absolute atomic E-state index is 11.9. The first-order chi connectivity index (χ1) is 10.3. The van der Waals surface area contributed by atoms with E-state index in [0.717, 1.165) is 22.5 Å². The van der Waals surface area contributed by atoms with Crippen LogP contribution in [0.2, 0.25) is 0 Å². The second kappa shape index (κ2) is 5.51. The van der Waals surface area contributed by atoms with Gasteiger partial charge in [-0.1, -0.05) is 30.3 Å². The fourth-order valence-corrected chi connectivity index (χ4v) is 2.25. The van der Waals surface area contributed by atoms with Gasteiger partial charge in [-0.05, 0) is 23.8 Å². The standard InChI is InChI=1S/C17H13N3O/c18-10-9-12-5-7-13(8-6-12)19-11-15-14-3-1-2-4-16(14)20-17(15)21/h1-8,11,19H,9H2,(H,20,21)/b15-11-. The molecule has 3 rings (SSSR count). The van der Waals surface area contributed by atoms with Gasteiger partial charge in [0.2, 0.25) is 0 Å². The van der Waals surface area contributed by atoms with E-state index in [1.807, 2.05) is 48.5 Å². The van der Waals surface area contributed by atoms with Gasteiger partial charge in [-0.2, -0.15) is 5.26 Å². The Morgan fingerprint density at radius 2 is 1.90 bits per heavy atom. The number of anilines is 2. The molecular weight excluding hydrogens is 262 g/mol. The van der Waals surface area contributed by atoms with Crippen LogP contribution in [0.5, 0.6) is 0 Å². The first kappa shape index (κ1) is 12.9. The molecule has 0 fully saturated rings. The lowest BCUT2D eigenvalue weighted by molar-refractivity contribution is -0.110. The molecule has 1 aliphatic heterocycles. The lowest BCUT2D eigenvalue weighted by Crippen LogP contribution is -2.05. The number of carbonyl (C=O) groups excluding carboxylic acids is 1. The summed E-state index contributed by atoms with van der Waals surface area (Å²) in [6.07, 6.45) is 2.11. The fraction of sp³-hybridized carbons (Fsp3) is 0.0588. The Kier molecular flexibility index (Phi) is 3.40. The molecule has 102 valence electrons. The zero-order valence-corrected chi connectivity index (χ0v) is 11.3. The molecule has 0 unspecified atom stereocenters. The quantitative estimate of drug-likeness (QED) is 0.846. The van der Waals surface area contributed by atoms with E-state index < -0.39 is 0 Å². The van der Waals surface area contributed by atoms with Gasteiger partial charge in [0.1, 0.15) is 0 Å². The molecule has 2 aromatic carbocycles. The minimum Gasteiger partial charge on any atom is -0.361 e. The van der Waals surface area contributed by atoms with Crippen molar-refractivity contribution in [3.8, 4) is 6.07 Å². The molecular formula is C17H13N3O. The highest BCUT2D eigenvalue weighted by Gasteiger charge is 2.23. The van der Waals surface area contributed by atoms with Crippen molar-refractivity contribution in [1.29, 1.82) is 5.26 Å². The van der Waals surface area contributed by atoms with Gasteiger partial charge in [-0.15, -0.1) is 0 Å². The van der Waals surface area contributed by atoms with Crippen LogP contribution in [-0.2, 0) is 11.2 Å². The second-order valence-corrected chi connectivity index (χ2v) is 4.73. The van der Waals surface area contributed by atoms with Crippen LogP contribution in [0.25, 0.3) is 5.57 Å². The van der Waals surface area contributed by atoms with Crippen molar-refractivity contribution in [3.63, 3.8) is 0 Å². The van der Waals surface area contributed by atoms with Crippen molar-refractivity contribution in [2.24, 2.45) is 0 Å². The number of hydrogen-bond acceptors (Lipinski definition) is 3. The molecule has 0 spiro atoms. The molecule has 0 atom stereocenters. The van der Waals surface area contributed by atoms with E-state index in [-0.39, 0.29) is 5.91 Å². The number of fused-ring (bicyclic) bond motifs is 1. The Bertz CT molecular complexity index is 754. The van der Waals surface area contributed by atoms with Crippen LogP contribution in [0, 0.1) is 11.3 Å². The third kappa shape index (κ3) is 2.63. The fourth-order valence-electron chi connectivity index (χ4n) is 2.25. The normalized spacial score (nSPS) is 14.4. The van der Waals surface area contributed by atoms with E-state index >= 15 is 0 Å². The molecule has 2 aromatic rings. The van der Waals surface area contributed by atoms with Crippen molar-refractivity contribution in [2.45, 2.75) is 6.42 Å². The summed E-state index contributed by atoms with van der Waals surface area (Å²) < 4.78 is 0. The maximum atomic E-state index is 11.9. The van der Waals surface area contributed by atoms with Gasteiger partial charge in [0.05, 0.1) is 18.1 Å². The summed E-state index contributed by atoms with van der Waals surface area (Å²) in [5.41, 5.74) is 4.20. The number of hydrogen-bond donors (Lipinski definition) is 2. The van der Waals surface area contributed by atoms with Crippen LogP contribution < -0.4 is 10.6 Å².